The Morgan fingerprint density at radius 1 is 1.00 bits per heavy atom. The minimum atomic E-state index is -0.398. The highest BCUT2D eigenvalue weighted by Gasteiger charge is 2.28. The molecule has 0 saturated carbocycles. The topological polar surface area (TPSA) is 87.9 Å². The van der Waals surface area contributed by atoms with Gasteiger partial charge < -0.3 is 19.8 Å². The standard InChI is InChI=1S/C29H25ClN4O3S/c1-18-26-22(33-34-29(38)31-20-9-4-2-5-10-20)13-8-14-25(26)37-27(18)28(35)32-23-17-19(30)15-16-24(23)36-21-11-6-3-7-12-21/h2-7,9-12,15-17H,8,13-14H2,1H3,(H,32,35)(H2,31,34,38)/b33-22+. The number of ether oxygens (including phenoxy) is 1. The van der Waals surface area contributed by atoms with Gasteiger partial charge in [0.15, 0.2) is 16.6 Å². The van der Waals surface area contributed by atoms with E-state index < -0.39 is 5.91 Å². The van der Waals surface area contributed by atoms with Crippen molar-refractivity contribution < 1.29 is 13.9 Å². The molecule has 1 aliphatic carbocycles. The summed E-state index contributed by atoms with van der Waals surface area (Å²) in [5.74, 6) is 1.66. The van der Waals surface area contributed by atoms with E-state index in [-0.39, 0.29) is 5.76 Å². The summed E-state index contributed by atoms with van der Waals surface area (Å²) in [6, 6.07) is 24.0. The maximum atomic E-state index is 13.4. The fourth-order valence-corrected chi connectivity index (χ4v) is 4.61. The van der Waals surface area contributed by atoms with Crippen LogP contribution in [0.5, 0.6) is 11.5 Å². The number of hydrogen-bond acceptors (Lipinski definition) is 5. The lowest BCUT2D eigenvalue weighted by atomic mass is 9.93. The number of carbonyl (C=O) groups is 1. The molecule has 0 aliphatic heterocycles. The summed E-state index contributed by atoms with van der Waals surface area (Å²) in [7, 11) is 0. The zero-order valence-corrected chi connectivity index (χ0v) is 22.2. The van der Waals surface area contributed by atoms with Crippen LogP contribution < -0.4 is 20.8 Å². The van der Waals surface area contributed by atoms with Crippen molar-refractivity contribution in [2.75, 3.05) is 10.6 Å². The molecule has 0 atom stereocenters. The molecule has 0 spiro atoms. The number of carbonyl (C=O) groups excluding carboxylic acids is 1. The molecule has 1 aliphatic rings. The largest absolute Gasteiger partial charge is 0.455 e. The Labute approximate surface area is 230 Å². The Morgan fingerprint density at radius 3 is 2.50 bits per heavy atom. The molecule has 1 amide bonds. The van der Waals surface area contributed by atoms with Gasteiger partial charge in [-0.05, 0) is 74.4 Å². The van der Waals surface area contributed by atoms with Gasteiger partial charge in [0.05, 0.1) is 11.4 Å². The van der Waals surface area contributed by atoms with Crippen molar-refractivity contribution in [2.45, 2.75) is 26.2 Å². The number of nitrogens with zero attached hydrogens (tertiary/aromatic N) is 1. The second-order valence-electron chi connectivity index (χ2n) is 8.71. The van der Waals surface area contributed by atoms with Crippen molar-refractivity contribution in [3.05, 3.63) is 107 Å². The molecule has 1 aromatic heterocycles. The second kappa shape index (κ2) is 11.5. The zero-order valence-electron chi connectivity index (χ0n) is 20.6. The molecule has 192 valence electrons. The molecular weight excluding hydrogens is 520 g/mol. The molecule has 1 heterocycles. The van der Waals surface area contributed by atoms with Gasteiger partial charge in [-0.1, -0.05) is 48.0 Å². The fraction of sp³-hybridized carbons (Fsp3) is 0.138. The minimum Gasteiger partial charge on any atom is -0.455 e. The van der Waals surface area contributed by atoms with E-state index in [9.17, 15) is 4.79 Å². The van der Waals surface area contributed by atoms with Crippen LogP contribution in [-0.2, 0) is 6.42 Å². The molecular formula is C29H25ClN4O3S. The lowest BCUT2D eigenvalue weighted by Crippen LogP contribution is -2.26. The number of fused-ring (bicyclic) bond motifs is 1. The molecule has 0 unspecified atom stereocenters. The van der Waals surface area contributed by atoms with Crippen molar-refractivity contribution in [2.24, 2.45) is 5.10 Å². The van der Waals surface area contributed by atoms with Crippen LogP contribution in [0.4, 0.5) is 11.4 Å². The first-order valence-corrected chi connectivity index (χ1v) is 12.9. The Kier molecular flexibility index (Phi) is 7.72. The number of rotatable bonds is 6. The second-order valence-corrected chi connectivity index (χ2v) is 9.55. The third-order valence-electron chi connectivity index (χ3n) is 6.02. The number of aryl methyl sites for hydroxylation is 1. The molecule has 0 bridgehead atoms. The summed E-state index contributed by atoms with van der Waals surface area (Å²) in [6.07, 6.45) is 2.30. The summed E-state index contributed by atoms with van der Waals surface area (Å²) in [4.78, 5) is 13.4. The first-order chi connectivity index (χ1) is 18.5. The van der Waals surface area contributed by atoms with Crippen molar-refractivity contribution in [1.29, 1.82) is 0 Å². The maximum Gasteiger partial charge on any atom is 0.291 e. The lowest BCUT2D eigenvalue weighted by Gasteiger charge is -2.14. The number of benzene rings is 3. The van der Waals surface area contributed by atoms with Gasteiger partial charge >= 0.3 is 0 Å². The third kappa shape index (κ3) is 5.88. The summed E-state index contributed by atoms with van der Waals surface area (Å²) < 4.78 is 12.0. The SMILES string of the molecule is Cc1c(C(=O)Nc2cc(Cl)ccc2Oc2ccccc2)oc2c1/C(=N/NC(=S)Nc1ccccc1)CCC2. The highest BCUT2D eigenvalue weighted by atomic mass is 35.5. The van der Waals surface area contributed by atoms with Crippen LogP contribution in [0.2, 0.25) is 5.02 Å². The Balaban J connectivity index is 1.35. The molecule has 3 N–H and O–H groups in total. The van der Waals surface area contributed by atoms with E-state index in [0.29, 0.717) is 39.3 Å². The van der Waals surface area contributed by atoms with E-state index >= 15 is 0 Å². The van der Waals surface area contributed by atoms with E-state index in [1.165, 1.54) is 0 Å². The molecule has 4 aromatic rings. The van der Waals surface area contributed by atoms with Crippen LogP contribution in [0.1, 0.15) is 40.3 Å². The van der Waals surface area contributed by atoms with E-state index in [1.54, 1.807) is 18.2 Å². The minimum absolute atomic E-state index is 0.222. The van der Waals surface area contributed by atoms with E-state index in [4.69, 9.17) is 33.0 Å². The van der Waals surface area contributed by atoms with Gasteiger partial charge in [-0.3, -0.25) is 10.2 Å². The summed E-state index contributed by atoms with van der Waals surface area (Å²) in [5.41, 5.74) is 6.57. The van der Waals surface area contributed by atoms with Gasteiger partial charge in [-0.25, -0.2) is 0 Å². The number of hydrogen-bond donors (Lipinski definition) is 3. The molecule has 3 aromatic carbocycles. The third-order valence-corrected chi connectivity index (χ3v) is 6.45. The summed E-state index contributed by atoms with van der Waals surface area (Å²) in [6.45, 7) is 1.86. The molecule has 5 rings (SSSR count). The number of halogens is 1. The Hall–Kier alpha value is -4.14. The maximum absolute atomic E-state index is 13.4. The number of amides is 1. The number of anilines is 2. The summed E-state index contributed by atoms with van der Waals surface area (Å²) >= 11 is 11.6. The van der Waals surface area contributed by atoms with Gasteiger partial charge in [-0.2, -0.15) is 5.10 Å². The molecule has 0 fully saturated rings. The van der Waals surface area contributed by atoms with Gasteiger partial charge in [0.2, 0.25) is 0 Å². The molecule has 38 heavy (non-hydrogen) atoms. The van der Waals surface area contributed by atoms with Gasteiger partial charge in [0.1, 0.15) is 11.5 Å². The average Bonchev–Trinajstić information content (AvgIpc) is 3.27. The van der Waals surface area contributed by atoms with E-state index in [2.05, 4.69) is 21.2 Å². The highest BCUT2D eigenvalue weighted by molar-refractivity contribution is 7.80. The van der Waals surface area contributed by atoms with Gasteiger partial charge in [0, 0.05) is 28.3 Å². The molecule has 0 radical (unpaired) electrons. The number of nitrogens with one attached hydrogen (secondary N) is 3. The van der Waals surface area contributed by atoms with Crippen molar-refractivity contribution in [3.63, 3.8) is 0 Å². The average molecular weight is 545 g/mol. The first-order valence-electron chi connectivity index (χ1n) is 12.1. The monoisotopic (exact) mass is 544 g/mol. The van der Waals surface area contributed by atoms with Crippen LogP contribution in [0.25, 0.3) is 0 Å². The predicted octanol–water partition coefficient (Wildman–Crippen LogP) is 7.31. The Morgan fingerprint density at radius 2 is 1.74 bits per heavy atom. The fourth-order valence-electron chi connectivity index (χ4n) is 4.28. The van der Waals surface area contributed by atoms with E-state index in [0.717, 1.165) is 35.6 Å². The van der Waals surface area contributed by atoms with Crippen molar-refractivity contribution >= 4 is 51.9 Å². The van der Waals surface area contributed by atoms with Crippen LogP contribution >= 0.6 is 23.8 Å². The predicted molar refractivity (Wildman–Crippen MR) is 155 cm³/mol. The van der Waals surface area contributed by atoms with Crippen LogP contribution in [0.15, 0.2) is 88.4 Å². The van der Waals surface area contributed by atoms with E-state index in [1.807, 2.05) is 67.6 Å². The number of hydrazone groups is 1. The summed E-state index contributed by atoms with van der Waals surface area (Å²) in [5, 5.41) is 11.4. The van der Waals surface area contributed by atoms with Gasteiger partial charge in [0.25, 0.3) is 5.91 Å². The zero-order chi connectivity index (χ0) is 26.5. The van der Waals surface area contributed by atoms with Crippen LogP contribution in [0.3, 0.4) is 0 Å². The number of para-hydroxylation sites is 2. The van der Waals surface area contributed by atoms with Crippen LogP contribution in [0, 0.1) is 6.92 Å². The normalized spacial score (nSPS) is 13.5. The van der Waals surface area contributed by atoms with Crippen molar-refractivity contribution in [3.8, 4) is 11.5 Å². The smallest absolute Gasteiger partial charge is 0.291 e. The quantitative estimate of drug-likeness (QED) is 0.174. The first kappa shape index (κ1) is 25.5. The molecule has 0 saturated heterocycles. The Bertz CT molecular complexity index is 1500. The van der Waals surface area contributed by atoms with Crippen LogP contribution in [-0.4, -0.2) is 16.7 Å². The lowest BCUT2D eigenvalue weighted by molar-refractivity contribution is 0.0993. The highest BCUT2D eigenvalue weighted by Crippen LogP contribution is 2.34. The molecule has 7 nitrogen and oxygen atoms in total. The van der Waals surface area contributed by atoms with Crippen molar-refractivity contribution in [1.82, 2.24) is 5.43 Å². The number of thiocarbonyl (C=S) groups is 1. The number of furan rings is 1. The van der Waals surface area contributed by atoms with Gasteiger partial charge in [-0.15, -0.1) is 0 Å². The molecule has 9 heteroatoms.